The van der Waals surface area contributed by atoms with Crippen LogP contribution in [-0.4, -0.2) is 93.2 Å². The van der Waals surface area contributed by atoms with Crippen LogP contribution in [0.2, 0.25) is 5.02 Å². The Kier molecular flexibility index (Phi) is 11.8. The van der Waals surface area contributed by atoms with Gasteiger partial charge in [-0.1, -0.05) is 45.4 Å². The Morgan fingerprint density at radius 1 is 1.12 bits per heavy atom. The zero-order valence-corrected chi connectivity index (χ0v) is 33.6. The van der Waals surface area contributed by atoms with Gasteiger partial charge in [0.25, 0.3) is 0 Å². The van der Waals surface area contributed by atoms with Gasteiger partial charge in [-0.3, -0.25) is 14.4 Å². The maximum absolute atomic E-state index is 14.6. The number of likely N-dealkylation sites (tertiary alicyclic amines) is 1. The Labute approximate surface area is 333 Å². The van der Waals surface area contributed by atoms with Crippen LogP contribution in [-0.2, 0) is 23.9 Å². The topological polar surface area (TPSA) is 198 Å². The number of carboxylic acid groups (broad SMARTS) is 1. The van der Waals surface area contributed by atoms with Crippen molar-refractivity contribution in [3.8, 4) is 22.9 Å². The van der Waals surface area contributed by atoms with E-state index in [0.29, 0.717) is 38.9 Å². The number of thiazole rings is 1. The van der Waals surface area contributed by atoms with E-state index in [4.69, 9.17) is 30.8 Å². The first-order valence-electron chi connectivity index (χ1n) is 18.6. The number of aliphatic carboxylic acids is 1. The lowest BCUT2D eigenvalue weighted by atomic mass is 9.85. The maximum atomic E-state index is 14.6. The Morgan fingerprint density at radius 3 is 2.48 bits per heavy atom. The molecule has 15 nitrogen and oxygen atoms in total. The molecule has 3 aromatic rings. The Hall–Kier alpha value is -4.96. The molecule has 1 aliphatic heterocycles. The summed E-state index contributed by atoms with van der Waals surface area (Å²) in [7, 11) is 1.48. The van der Waals surface area contributed by atoms with Gasteiger partial charge in [0.05, 0.1) is 24.9 Å². The Bertz CT molecular complexity index is 2050. The zero-order chi connectivity index (χ0) is 40.5. The predicted molar refractivity (Wildman–Crippen MR) is 210 cm³/mol. The summed E-state index contributed by atoms with van der Waals surface area (Å²) in [5.41, 5.74) is -1.20. The number of carbonyl (C=O) groups excluding carboxylic acids is 4. The van der Waals surface area contributed by atoms with Crippen molar-refractivity contribution in [1.82, 2.24) is 25.5 Å². The fourth-order valence-electron chi connectivity index (χ4n) is 7.25. The highest BCUT2D eigenvalue weighted by atomic mass is 35.5. The summed E-state index contributed by atoms with van der Waals surface area (Å²) >= 11 is 8.00. The van der Waals surface area contributed by atoms with Gasteiger partial charge in [0.2, 0.25) is 17.7 Å². The molecule has 0 spiro atoms. The number of amides is 4. The standard InChI is InChI=1S/C39H47ClN6O9S/c1-7-20-17-39(20,35(50)51)45-33(48)26-15-22(18-46(26)34(49)32(38(3,4)5)44-37(52)55-21-11-9-10-12-21)54-28-16-24(25-19-56-36(42-25)43-29(47)8-2)41-31-23(28)13-14-27(53-6)30(31)40/h7,13-14,16,19-22,26,32H,1,8-12,15,17-18H2,2-6H3,(H,44,52)(H,45,48)(H,50,51)(H,42,43,47)/t20-,22-,26-,32?,39-/m1/s1. The molecular formula is C39H47ClN6O9S. The first-order valence-corrected chi connectivity index (χ1v) is 19.9. The smallest absolute Gasteiger partial charge is 0.408 e. The van der Waals surface area contributed by atoms with Crippen LogP contribution in [0.25, 0.3) is 22.3 Å². The number of fused-ring (bicyclic) bond motifs is 1. The summed E-state index contributed by atoms with van der Waals surface area (Å²) in [4.78, 5) is 76.9. The summed E-state index contributed by atoms with van der Waals surface area (Å²) in [5.74, 6) is -2.41. The number of carboxylic acids is 1. The summed E-state index contributed by atoms with van der Waals surface area (Å²) in [5, 5.41) is 21.1. The van der Waals surface area contributed by atoms with Crippen molar-refractivity contribution < 1.29 is 43.3 Å². The van der Waals surface area contributed by atoms with Crippen LogP contribution in [0.5, 0.6) is 11.5 Å². The van der Waals surface area contributed by atoms with E-state index in [9.17, 15) is 29.1 Å². The van der Waals surface area contributed by atoms with Crippen molar-refractivity contribution in [2.24, 2.45) is 11.3 Å². The van der Waals surface area contributed by atoms with Crippen molar-refractivity contribution in [3.63, 3.8) is 0 Å². The molecule has 4 N–H and O–H groups in total. The van der Waals surface area contributed by atoms with E-state index >= 15 is 0 Å². The number of methoxy groups -OCH3 is 1. The van der Waals surface area contributed by atoms with Gasteiger partial charge < -0.3 is 40.2 Å². The first-order chi connectivity index (χ1) is 26.6. The number of hydrogen-bond acceptors (Lipinski definition) is 11. The molecule has 2 saturated carbocycles. The normalized spacial score (nSPS) is 22.6. The molecule has 3 fully saturated rings. The number of carbonyl (C=O) groups is 5. The highest BCUT2D eigenvalue weighted by Crippen LogP contribution is 2.45. The van der Waals surface area contributed by atoms with E-state index in [1.165, 1.54) is 29.4 Å². The minimum atomic E-state index is -1.55. The lowest BCUT2D eigenvalue weighted by molar-refractivity contribution is -0.146. The van der Waals surface area contributed by atoms with Crippen LogP contribution in [0.1, 0.15) is 72.6 Å². The summed E-state index contributed by atoms with van der Waals surface area (Å²) in [6.45, 7) is 10.8. The first kappa shape index (κ1) is 40.7. The van der Waals surface area contributed by atoms with Gasteiger partial charge in [0.1, 0.15) is 52.0 Å². The molecule has 56 heavy (non-hydrogen) atoms. The van der Waals surface area contributed by atoms with Crippen LogP contribution < -0.4 is 25.4 Å². The number of halogens is 1. The molecule has 3 heterocycles. The number of ether oxygens (including phenoxy) is 3. The van der Waals surface area contributed by atoms with E-state index in [-0.39, 0.29) is 42.8 Å². The third-order valence-corrected chi connectivity index (χ3v) is 11.6. The molecule has 5 atom stereocenters. The molecule has 0 bridgehead atoms. The van der Waals surface area contributed by atoms with E-state index < -0.39 is 58.9 Å². The molecule has 17 heteroatoms. The molecule has 4 amide bonds. The molecule has 1 aromatic carbocycles. The molecule has 1 saturated heterocycles. The van der Waals surface area contributed by atoms with Gasteiger partial charge in [-0.2, -0.15) is 0 Å². The molecule has 6 rings (SSSR count). The lowest BCUT2D eigenvalue weighted by Crippen LogP contribution is -2.59. The van der Waals surface area contributed by atoms with Crippen LogP contribution >= 0.6 is 22.9 Å². The number of nitrogens with zero attached hydrogens (tertiary/aromatic N) is 3. The number of hydrogen-bond donors (Lipinski definition) is 4. The fraction of sp³-hybridized carbons (Fsp3) is 0.513. The van der Waals surface area contributed by atoms with Gasteiger partial charge in [-0.05, 0) is 49.7 Å². The van der Waals surface area contributed by atoms with Gasteiger partial charge >= 0.3 is 12.1 Å². The predicted octanol–water partition coefficient (Wildman–Crippen LogP) is 5.95. The Balaban J connectivity index is 1.34. The monoisotopic (exact) mass is 810 g/mol. The number of alkyl carbamates (subject to hydrolysis) is 1. The minimum absolute atomic E-state index is 0.0116. The third kappa shape index (κ3) is 8.41. The largest absolute Gasteiger partial charge is 0.495 e. The highest BCUT2D eigenvalue weighted by molar-refractivity contribution is 7.14. The molecule has 300 valence electrons. The van der Waals surface area contributed by atoms with Crippen molar-refractivity contribution in [1.29, 1.82) is 0 Å². The highest BCUT2D eigenvalue weighted by Gasteiger charge is 2.61. The fourth-order valence-corrected chi connectivity index (χ4v) is 8.25. The molecule has 3 aliphatic rings. The molecule has 2 aliphatic carbocycles. The second-order valence-electron chi connectivity index (χ2n) is 15.5. The van der Waals surface area contributed by atoms with Gasteiger partial charge in [0.15, 0.2) is 5.13 Å². The second-order valence-corrected chi connectivity index (χ2v) is 16.7. The molecular weight excluding hydrogens is 764 g/mol. The minimum Gasteiger partial charge on any atom is -0.495 e. The number of aromatic nitrogens is 2. The van der Waals surface area contributed by atoms with Crippen LogP contribution in [0.3, 0.4) is 0 Å². The Morgan fingerprint density at radius 2 is 1.86 bits per heavy atom. The molecule has 2 aromatic heterocycles. The number of benzene rings is 1. The van der Waals surface area contributed by atoms with E-state index in [1.54, 1.807) is 51.3 Å². The second kappa shape index (κ2) is 16.3. The number of pyridine rings is 1. The van der Waals surface area contributed by atoms with Gasteiger partial charge in [-0.25, -0.2) is 19.6 Å². The number of rotatable bonds is 13. The zero-order valence-electron chi connectivity index (χ0n) is 32.0. The van der Waals surface area contributed by atoms with Crippen molar-refractivity contribution in [2.45, 2.75) is 102 Å². The third-order valence-electron chi connectivity index (χ3n) is 10.5. The number of anilines is 1. The van der Waals surface area contributed by atoms with Gasteiger partial charge in [-0.15, -0.1) is 17.9 Å². The van der Waals surface area contributed by atoms with E-state index in [2.05, 4.69) is 27.5 Å². The van der Waals surface area contributed by atoms with Crippen LogP contribution in [0.15, 0.2) is 36.2 Å². The number of nitrogens with one attached hydrogen (secondary N) is 3. The molecule has 0 radical (unpaired) electrons. The quantitative estimate of drug-likeness (QED) is 0.149. The maximum Gasteiger partial charge on any atom is 0.408 e. The molecule has 1 unspecified atom stereocenters. The van der Waals surface area contributed by atoms with Crippen LogP contribution in [0.4, 0.5) is 9.93 Å². The summed E-state index contributed by atoms with van der Waals surface area (Å²) in [6, 6.07) is 2.81. The average Bonchev–Trinajstić information content (AvgIpc) is 3.57. The lowest BCUT2D eigenvalue weighted by Gasteiger charge is -2.35. The van der Waals surface area contributed by atoms with Crippen molar-refractivity contribution in [3.05, 3.63) is 41.3 Å². The van der Waals surface area contributed by atoms with Crippen molar-refractivity contribution in [2.75, 3.05) is 19.0 Å². The van der Waals surface area contributed by atoms with Crippen LogP contribution in [0, 0.1) is 11.3 Å². The average molecular weight is 811 g/mol. The van der Waals surface area contributed by atoms with E-state index in [1.807, 2.05) is 0 Å². The SMILES string of the molecule is C=C[C@@H]1C[C@]1(NC(=O)[C@H]1C[C@@H](Oc2cc(-c3csc(NC(=O)CC)n3)nc3c(Cl)c(OC)ccc23)CN1C(=O)C(NC(=O)OC1CCCC1)C(C)(C)C)C(=O)O. The summed E-state index contributed by atoms with van der Waals surface area (Å²) in [6.07, 6.45) is 3.55. The van der Waals surface area contributed by atoms with Gasteiger partial charge in [0, 0.05) is 35.6 Å². The summed E-state index contributed by atoms with van der Waals surface area (Å²) < 4.78 is 17.7. The van der Waals surface area contributed by atoms with Crippen molar-refractivity contribution >= 4 is 68.8 Å². The van der Waals surface area contributed by atoms with E-state index in [0.717, 1.165) is 25.7 Å².